The summed E-state index contributed by atoms with van der Waals surface area (Å²) in [5, 5.41) is 7.60. The zero-order chi connectivity index (χ0) is 10.3. The summed E-state index contributed by atoms with van der Waals surface area (Å²) in [6, 6.07) is 8.06. The van der Waals surface area contributed by atoms with Gasteiger partial charge in [0.15, 0.2) is 0 Å². The molecular formula is C10H17NO2S. The minimum atomic E-state index is -0.968. The highest BCUT2D eigenvalue weighted by Gasteiger charge is 1.81. The third-order valence-electron chi connectivity index (χ3n) is 1.21. The summed E-state index contributed by atoms with van der Waals surface area (Å²) in [5.74, 6) is -0.968. The first kappa shape index (κ1) is 15.5. The van der Waals surface area contributed by atoms with Crippen molar-refractivity contribution in [2.75, 3.05) is 6.54 Å². The lowest BCUT2D eigenvalue weighted by atomic mass is 10.2. The van der Waals surface area contributed by atoms with E-state index in [9.17, 15) is 4.79 Å². The first-order valence-electron chi connectivity index (χ1n) is 3.73. The van der Waals surface area contributed by atoms with E-state index in [-0.39, 0.29) is 14.0 Å². The fourth-order valence-electron chi connectivity index (χ4n) is 0.545. The molecule has 0 atom stereocenters. The van der Waals surface area contributed by atoms with Crippen LogP contribution in [0.2, 0.25) is 0 Å². The molecule has 0 unspecified atom stereocenters. The number of thiol groups is 1. The highest BCUT2D eigenvalue weighted by Crippen LogP contribution is 2.05. The molecule has 1 rings (SSSR count). The van der Waals surface area contributed by atoms with Gasteiger partial charge in [0.2, 0.25) is 0 Å². The molecule has 14 heavy (non-hydrogen) atoms. The van der Waals surface area contributed by atoms with Crippen LogP contribution >= 0.6 is 12.6 Å². The number of hydrogen-bond donors (Lipinski definition) is 3. The number of hydrogen-bond acceptors (Lipinski definition) is 3. The fourth-order valence-corrected chi connectivity index (χ4v) is 0.694. The lowest BCUT2D eigenvalue weighted by molar-refractivity contribution is -0.135. The van der Waals surface area contributed by atoms with Gasteiger partial charge in [-0.25, -0.2) is 0 Å². The van der Waals surface area contributed by atoms with Gasteiger partial charge in [0.1, 0.15) is 0 Å². The van der Waals surface area contributed by atoms with Crippen LogP contribution in [0.1, 0.15) is 13.0 Å². The molecule has 0 amide bonds. The Morgan fingerprint density at radius 3 is 2.00 bits per heavy atom. The van der Waals surface area contributed by atoms with Crippen LogP contribution in [0.4, 0.5) is 0 Å². The van der Waals surface area contributed by atoms with Crippen LogP contribution < -0.4 is 5.73 Å². The Kier molecular flexibility index (Phi) is 9.49. The van der Waals surface area contributed by atoms with Crippen LogP contribution in [0.5, 0.6) is 0 Å². The molecule has 0 aromatic heterocycles. The molecule has 80 valence electrons. The average Bonchev–Trinajstić information content (AvgIpc) is 2.11. The third-order valence-corrected chi connectivity index (χ3v) is 1.51. The monoisotopic (exact) mass is 215 g/mol. The molecule has 0 aliphatic heterocycles. The Balaban J connectivity index is 0. The molecule has 0 radical (unpaired) electrons. The molecule has 0 bridgehead atoms. The molecule has 0 aliphatic rings. The molecule has 0 saturated heterocycles. The number of benzene rings is 1. The fraction of sp³-hybridized carbons (Fsp3) is 0.300. The Morgan fingerprint density at radius 2 is 1.79 bits per heavy atom. The van der Waals surface area contributed by atoms with E-state index >= 15 is 0 Å². The summed E-state index contributed by atoms with van der Waals surface area (Å²) in [6.45, 7) is 1.78. The van der Waals surface area contributed by atoms with Crippen LogP contribution in [0.3, 0.4) is 0 Å². The largest absolute Gasteiger partial charge is 0.480 e. The molecule has 1 aromatic rings. The number of carbonyl (C=O) groups is 1. The third kappa shape index (κ3) is 9.09. The second-order valence-corrected chi connectivity index (χ2v) is 2.95. The average molecular weight is 215 g/mol. The summed E-state index contributed by atoms with van der Waals surface area (Å²) in [5.41, 5.74) is 5.85. The van der Waals surface area contributed by atoms with Gasteiger partial charge < -0.3 is 10.8 Å². The van der Waals surface area contributed by atoms with E-state index in [4.69, 9.17) is 5.11 Å². The second-order valence-electron chi connectivity index (χ2n) is 2.43. The predicted molar refractivity (Wildman–Crippen MR) is 61.9 cm³/mol. The van der Waals surface area contributed by atoms with Crippen LogP contribution in [0, 0.1) is 6.92 Å². The number of rotatable bonds is 1. The second kappa shape index (κ2) is 8.59. The van der Waals surface area contributed by atoms with Gasteiger partial charge in [0.25, 0.3) is 0 Å². The number of carboxylic acid groups (broad SMARTS) is 1. The van der Waals surface area contributed by atoms with Gasteiger partial charge in [-0.15, -0.1) is 12.6 Å². The molecule has 0 heterocycles. The summed E-state index contributed by atoms with van der Waals surface area (Å²) >= 11 is 4.13. The molecule has 0 saturated carbocycles. The molecule has 4 heteroatoms. The van der Waals surface area contributed by atoms with Crippen molar-refractivity contribution in [1.82, 2.24) is 0 Å². The van der Waals surface area contributed by atoms with Crippen LogP contribution in [-0.4, -0.2) is 17.6 Å². The van der Waals surface area contributed by atoms with E-state index < -0.39 is 5.97 Å². The van der Waals surface area contributed by atoms with Crippen molar-refractivity contribution >= 4 is 18.6 Å². The first-order chi connectivity index (χ1) is 6.06. The molecule has 0 aliphatic carbocycles. The Morgan fingerprint density at radius 1 is 1.43 bits per heavy atom. The zero-order valence-electron chi connectivity index (χ0n) is 7.40. The van der Waals surface area contributed by atoms with E-state index in [1.807, 2.05) is 24.3 Å². The number of nitrogens with two attached hydrogens (primary N) is 1. The maximum Gasteiger partial charge on any atom is 0.317 e. The summed E-state index contributed by atoms with van der Waals surface area (Å²) in [7, 11) is 0. The quantitative estimate of drug-likeness (QED) is 0.627. The SMILES string of the molecule is C.Cc1ccc(S)cc1.NCC(=O)O. The lowest BCUT2D eigenvalue weighted by Gasteiger charge is -1.89. The van der Waals surface area contributed by atoms with Crippen molar-refractivity contribution in [2.24, 2.45) is 5.73 Å². The van der Waals surface area contributed by atoms with Crippen LogP contribution in [0.15, 0.2) is 29.2 Å². The Bertz CT molecular complexity index is 238. The maximum absolute atomic E-state index is 9.24. The van der Waals surface area contributed by atoms with E-state index in [2.05, 4.69) is 25.3 Å². The number of carboxylic acids is 1. The molecule has 3 N–H and O–H groups in total. The maximum atomic E-state index is 9.24. The van der Waals surface area contributed by atoms with Crippen molar-refractivity contribution in [1.29, 1.82) is 0 Å². The van der Waals surface area contributed by atoms with Gasteiger partial charge in [0, 0.05) is 4.90 Å². The topological polar surface area (TPSA) is 63.3 Å². The minimum absolute atomic E-state index is 0. The normalized spacial score (nSPS) is 7.93. The van der Waals surface area contributed by atoms with Crippen LogP contribution in [-0.2, 0) is 4.79 Å². The van der Waals surface area contributed by atoms with Gasteiger partial charge >= 0.3 is 5.97 Å². The summed E-state index contributed by atoms with van der Waals surface area (Å²) in [4.78, 5) is 10.3. The van der Waals surface area contributed by atoms with Crippen molar-refractivity contribution in [2.45, 2.75) is 19.2 Å². The van der Waals surface area contributed by atoms with E-state index in [0.717, 1.165) is 4.90 Å². The molecule has 3 nitrogen and oxygen atoms in total. The van der Waals surface area contributed by atoms with E-state index in [1.54, 1.807) is 0 Å². The highest BCUT2D eigenvalue weighted by molar-refractivity contribution is 7.80. The van der Waals surface area contributed by atoms with Gasteiger partial charge in [-0.3, -0.25) is 4.79 Å². The Hall–Kier alpha value is -1.00. The standard InChI is InChI=1S/C7H8S.C2H5NO2.CH4/c1-6-2-4-7(8)5-3-6;3-1-2(4)5;/h2-5,8H,1H3;1,3H2,(H,4,5);1H4. The first-order valence-corrected chi connectivity index (χ1v) is 4.18. The number of aryl methyl sites for hydroxylation is 1. The molecular weight excluding hydrogens is 198 g/mol. The summed E-state index contributed by atoms with van der Waals surface area (Å²) in [6.07, 6.45) is 0. The van der Waals surface area contributed by atoms with Crippen molar-refractivity contribution in [3.05, 3.63) is 29.8 Å². The smallest absolute Gasteiger partial charge is 0.317 e. The Labute approximate surface area is 90.4 Å². The van der Waals surface area contributed by atoms with Gasteiger partial charge in [-0.1, -0.05) is 25.1 Å². The molecule has 1 aromatic carbocycles. The van der Waals surface area contributed by atoms with E-state index in [0.29, 0.717) is 0 Å². The summed E-state index contributed by atoms with van der Waals surface area (Å²) < 4.78 is 0. The van der Waals surface area contributed by atoms with Crippen molar-refractivity contribution in [3.8, 4) is 0 Å². The molecule has 0 fully saturated rings. The highest BCUT2D eigenvalue weighted by atomic mass is 32.1. The van der Waals surface area contributed by atoms with Crippen LogP contribution in [0.25, 0.3) is 0 Å². The predicted octanol–water partition coefficient (Wildman–Crippen LogP) is 1.95. The van der Waals surface area contributed by atoms with Crippen molar-refractivity contribution < 1.29 is 9.90 Å². The van der Waals surface area contributed by atoms with Gasteiger partial charge in [-0.05, 0) is 19.1 Å². The van der Waals surface area contributed by atoms with Crippen molar-refractivity contribution in [3.63, 3.8) is 0 Å². The number of aliphatic carboxylic acids is 1. The van der Waals surface area contributed by atoms with E-state index in [1.165, 1.54) is 5.56 Å². The van der Waals surface area contributed by atoms with Gasteiger partial charge in [0.05, 0.1) is 6.54 Å². The van der Waals surface area contributed by atoms with Gasteiger partial charge in [-0.2, -0.15) is 0 Å². The zero-order valence-corrected chi connectivity index (χ0v) is 8.29. The minimum Gasteiger partial charge on any atom is -0.480 e. The molecule has 0 spiro atoms. The lowest BCUT2D eigenvalue weighted by Crippen LogP contribution is -2.10.